The molecule has 0 aliphatic heterocycles. The minimum atomic E-state index is -0.323. The molecule has 0 saturated heterocycles. The number of ether oxygens (including phenoxy) is 2. The number of aromatic nitrogens is 2. The molecular formula is C26H30FN3O3. The lowest BCUT2D eigenvalue weighted by molar-refractivity contribution is -0.138. The number of aryl methyl sites for hydroxylation is 1. The van der Waals surface area contributed by atoms with E-state index < -0.39 is 0 Å². The SMILES string of the molecule is CCOC(=O)/C(=C/c1ccc(-n2cnc(C)c2)c(OC)c1)CCCNCc1cccc(F)c1. The third-order valence-corrected chi connectivity index (χ3v) is 5.09. The van der Waals surface area contributed by atoms with E-state index in [9.17, 15) is 9.18 Å². The number of hydrogen-bond donors (Lipinski definition) is 1. The zero-order chi connectivity index (χ0) is 23.6. The molecule has 0 saturated carbocycles. The van der Waals surface area contributed by atoms with Crippen LogP contribution in [0.5, 0.6) is 5.75 Å². The average Bonchev–Trinajstić information content (AvgIpc) is 3.24. The second-order valence-corrected chi connectivity index (χ2v) is 7.65. The number of hydrogen-bond acceptors (Lipinski definition) is 5. The summed E-state index contributed by atoms with van der Waals surface area (Å²) in [6.45, 7) is 5.30. The first-order valence-electron chi connectivity index (χ1n) is 11.0. The zero-order valence-electron chi connectivity index (χ0n) is 19.3. The Morgan fingerprint density at radius 1 is 1.24 bits per heavy atom. The van der Waals surface area contributed by atoms with E-state index in [0.29, 0.717) is 37.4 Å². The fourth-order valence-electron chi connectivity index (χ4n) is 3.49. The zero-order valence-corrected chi connectivity index (χ0v) is 19.3. The Bertz CT molecular complexity index is 1110. The highest BCUT2D eigenvalue weighted by Gasteiger charge is 2.12. The summed E-state index contributed by atoms with van der Waals surface area (Å²) in [6.07, 6.45) is 6.80. The summed E-state index contributed by atoms with van der Waals surface area (Å²) in [5.74, 6) is 0.114. The highest BCUT2D eigenvalue weighted by molar-refractivity contribution is 5.93. The van der Waals surface area contributed by atoms with Crippen molar-refractivity contribution in [2.45, 2.75) is 33.2 Å². The highest BCUT2D eigenvalue weighted by Crippen LogP contribution is 2.26. The van der Waals surface area contributed by atoms with Gasteiger partial charge in [-0.05, 0) is 74.7 Å². The molecule has 0 fully saturated rings. The Balaban J connectivity index is 1.68. The van der Waals surface area contributed by atoms with Gasteiger partial charge in [-0.25, -0.2) is 14.2 Å². The van der Waals surface area contributed by atoms with Gasteiger partial charge in [-0.1, -0.05) is 18.2 Å². The number of benzene rings is 2. The Kier molecular flexibility index (Phi) is 8.78. The van der Waals surface area contributed by atoms with E-state index in [1.165, 1.54) is 12.1 Å². The van der Waals surface area contributed by atoms with Crippen LogP contribution in [0.4, 0.5) is 4.39 Å². The Morgan fingerprint density at radius 3 is 2.79 bits per heavy atom. The second kappa shape index (κ2) is 12.0. The fourth-order valence-corrected chi connectivity index (χ4v) is 3.49. The topological polar surface area (TPSA) is 65.4 Å². The first-order valence-corrected chi connectivity index (χ1v) is 11.0. The van der Waals surface area contributed by atoms with Crippen molar-refractivity contribution in [2.75, 3.05) is 20.3 Å². The molecule has 0 aliphatic carbocycles. The molecule has 0 unspecified atom stereocenters. The number of imidazole rings is 1. The number of esters is 1. The standard InChI is InChI=1S/C26H30FN3O3/c1-4-33-26(31)22(8-6-12-28-16-21-7-5-9-23(27)14-21)13-20-10-11-24(25(15-20)32-3)30-17-19(2)29-18-30/h5,7,9-11,13-15,17-18,28H,4,6,8,12,16H2,1-3H3/b22-13+. The van der Waals surface area contributed by atoms with E-state index in [2.05, 4.69) is 10.3 Å². The van der Waals surface area contributed by atoms with E-state index >= 15 is 0 Å². The van der Waals surface area contributed by atoms with Crippen molar-refractivity contribution in [1.29, 1.82) is 0 Å². The number of carbonyl (C=O) groups excluding carboxylic acids is 1. The van der Waals surface area contributed by atoms with Crippen LogP contribution in [-0.4, -0.2) is 35.8 Å². The number of nitrogens with one attached hydrogen (secondary N) is 1. The summed E-state index contributed by atoms with van der Waals surface area (Å²) in [4.78, 5) is 16.8. The van der Waals surface area contributed by atoms with Gasteiger partial charge in [0.2, 0.25) is 0 Å². The van der Waals surface area contributed by atoms with Crippen molar-refractivity contribution in [2.24, 2.45) is 0 Å². The van der Waals surface area contributed by atoms with Crippen LogP contribution in [0.15, 0.2) is 60.6 Å². The molecule has 0 bridgehead atoms. The van der Waals surface area contributed by atoms with Crippen molar-refractivity contribution in [3.8, 4) is 11.4 Å². The molecule has 0 amide bonds. The molecule has 0 atom stereocenters. The van der Waals surface area contributed by atoms with Gasteiger partial charge in [-0.2, -0.15) is 0 Å². The minimum Gasteiger partial charge on any atom is -0.495 e. The summed E-state index contributed by atoms with van der Waals surface area (Å²) in [6, 6.07) is 12.3. The van der Waals surface area contributed by atoms with Crippen LogP contribution in [-0.2, 0) is 16.1 Å². The van der Waals surface area contributed by atoms with Crippen molar-refractivity contribution in [1.82, 2.24) is 14.9 Å². The summed E-state index contributed by atoms with van der Waals surface area (Å²) in [5.41, 5.74) is 4.11. The number of methoxy groups -OCH3 is 1. The van der Waals surface area contributed by atoms with Gasteiger partial charge < -0.3 is 19.4 Å². The molecule has 3 aromatic rings. The van der Waals surface area contributed by atoms with Crippen molar-refractivity contribution >= 4 is 12.0 Å². The first-order chi connectivity index (χ1) is 16.0. The molecule has 7 heteroatoms. The Labute approximate surface area is 194 Å². The predicted molar refractivity (Wildman–Crippen MR) is 127 cm³/mol. The van der Waals surface area contributed by atoms with Gasteiger partial charge in [0.05, 0.1) is 31.4 Å². The van der Waals surface area contributed by atoms with Crippen LogP contribution < -0.4 is 10.1 Å². The molecule has 2 aromatic carbocycles. The third-order valence-electron chi connectivity index (χ3n) is 5.09. The number of nitrogens with zero attached hydrogens (tertiary/aromatic N) is 2. The molecule has 0 radical (unpaired) electrons. The van der Waals surface area contributed by atoms with Crippen LogP contribution in [0.25, 0.3) is 11.8 Å². The summed E-state index contributed by atoms with van der Waals surface area (Å²) >= 11 is 0. The molecule has 174 valence electrons. The molecule has 3 rings (SSSR count). The normalized spacial score (nSPS) is 11.5. The molecule has 0 aliphatic rings. The highest BCUT2D eigenvalue weighted by atomic mass is 19.1. The van der Waals surface area contributed by atoms with Crippen molar-refractivity contribution < 1.29 is 18.7 Å². The summed E-state index contributed by atoms with van der Waals surface area (Å²) in [7, 11) is 1.62. The number of rotatable bonds is 11. The number of halogens is 1. The van der Waals surface area contributed by atoms with Crippen molar-refractivity contribution in [3.05, 3.63) is 83.2 Å². The van der Waals surface area contributed by atoms with Crippen LogP contribution in [0.1, 0.15) is 36.6 Å². The van der Waals surface area contributed by atoms with Gasteiger partial charge in [0, 0.05) is 18.3 Å². The van der Waals surface area contributed by atoms with Crippen LogP contribution in [0, 0.1) is 12.7 Å². The average molecular weight is 452 g/mol. The molecule has 1 N–H and O–H groups in total. The first kappa shape index (κ1) is 24.2. The maximum Gasteiger partial charge on any atom is 0.334 e. The van der Waals surface area contributed by atoms with Crippen LogP contribution in [0.3, 0.4) is 0 Å². The summed E-state index contributed by atoms with van der Waals surface area (Å²) < 4.78 is 26.0. The fraction of sp³-hybridized carbons (Fsp3) is 0.308. The van der Waals surface area contributed by atoms with Crippen molar-refractivity contribution in [3.63, 3.8) is 0 Å². The monoisotopic (exact) mass is 451 g/mol. The molecule has 1 aromatic heterocycles. The van der Waals surface area contributed by atoms with E-state index in [1.807, 2.05) is 48.0 Å². The largest absolute Gasteiger partial charge is 0.495 e. The quantitative estimate of drug-likeness (QED) is 0.257. The lowest BCUT2D eigenvalue weighted by atomic mass is 10.1. The van der Waals surface area contributed by atoms with E-state index in [1.54, 1.807) is 26.4 Å². The maximum absolute atomic E-state index is 13.3. The van der Waals surface area contributed by atoms with E-state index in [-0.39, 0.29) is 11.8 Å². The predicted octanol–water partition coefficient (Wildman–Crippen LogP) is 4.84. The van der Waals surface area contributed by atoms with Gasteiger partial charge >= 0.3 is 5.97 Å². The van der Waals surface area contributed by atoms with Gasteiger partial charge in [-0.3, -0.25) is 0 Å². The Hall–Kier alpha value is -3.45. The molecule has 33 heavy (non-hydrogen) atoms. The maximum atomic E-state index is 13.3. The molecule has 1 heterocycles. The third kappa shape index (κ3) is 7.02. The van der Waals surface area contributed by atoms with E-state index in [4.69, 9.17) is 9.47 Å². The second-order valence-electron chi connectivity index (χ2n) is 7.65. The number of carbonyl (C=O) groups is 1. The molecule has 6 nitrogen and oxygen atoms in total. The lowest BCUT2D eigenvalue weighted by Gasteiger charge is -2.12. The molecular weight excluding hydrogens is 421 g/mol. The summed E-state index contributed by atoms with van der Waals surface area (Å²) in [5, 5.41) is 3.29. The van der Waals surface area contributed by atoms with Gasteiger partial charge in [0.1, 0.15) is 11.6 Å². The van der Waals surface area contributed by atoms with Crippen LogP contribution in [0.2, 0.25) is 0 Å². The molecule has 0 spiro atoms. The van der Waals surface area contributed by atoms with Gasteiger partial charge in [0.15, 0.2) is 0 Å². The Morgan fingerprint density at radius 2 is 2.09 bits per heavy atom. The van der Waals surface area contributed by atoms with E-state index in [0.717, 1.165) is 28.9 Å². The van der Waals surface area contributed by atoms with Gasteiger partial charge in [0.25, 0.3) is 0 Å². The van der Waals surface area contributed by atoms with Gasteiger partial charge in [-0.15, -0.1) is 0 Å². The van der Waals surface area contributed by atoms with Crippen LogP contribution >= 0.6 is 0 Å². The lowest BCUT2D eigenvalue weighted by Crippen LogP contribution is -2.16. The smallest absolute Gasteiger partial charge is 0.334 e. The minimum absolute atomic E-state index is 0.244.